The average molecular weight is 490 g/mol. The number of allylic oxidation sites excluding steroid dienone is 2. The van der Waals surface area contributed by atoms with Gasteiger partial charge in [-0.2, -0.15) is 4.98 Å². The summed E-state index contributed by atoms with van der Waals surface area (Å²) in [5, 5.41) is 7.28. The maximum atomic E-state index is 12.8. The van der Waals surface area contributed by atoms with Crippen LogP contribution in [-0.2, 0) is 6.54 Å². The SMILES string of the molecule is C/C(=C(/Cn1c(=O)ccc2cnc(Nc3ccc(N4CCN(C)CC4)cc3)nc21)NC=S)C1CC1. The minimum absolute atomic E-state index is 0.106. The molecule has 0 unspecified atom stereocenters. The van der Waals surface area contributed by atoms with Crippen LogP contribution in [0.5, 0.6) is 0 Å². The Morgan fingerprint density at radius 3 is 2.54 bits per heavy atom. The zero-order chi connectivity index (χ0) is 24.4. The van der Waals surface area contributed by atoms with Gasteiger partial charge < -0.3 is 20.4 Å². The predicted molar refractivity (Wildman–Crippen MR) is 145 cm³/mol. The van der Waals surface area contributed by atoms with Gasteiger partial charge in [-0.05, 0) is 68.6 Å². The first kappa shape index (κ1) is 23.4. The number of anilines is 3. The lowest BCUT2D eigenvalue weighted by Crippen LogP contribution is -2.44. The fourth-order valence-electron chi connectivity index (χ4n) is 4.51. The number of aromatic nitrogens is 3. The van der Waals surface area contributed by atoms with Crippen molar-refractivity contribution in [1.82, 2.24) is 24.8 Å². The van der Waals surface area contributed by atoms with Gasteiger partial charge in [0.05, 0.1) is 12.0 Å². The second kappa shape index (κ2) is 10.1. The van der Waals surface area contributed by atoms with Crippen LogP contribution >= 0.6 is 12.2 Å². The molecule has 35 heavy (non-hydrogen) atoms. The number of nitrogens with one attached hydrogen (secondary N) is 2. The smallest absolute Gasteiger partial charge is 0.252 e. The van der Waals surface area contributed by atoms with Gasteiger partial charge in [-0.1, -0.05) is 12.2 Å². The van der Waals surface area contributed by atoms with Crippen LogP contribution in [-0.4, -0.2) is 58.2 Å². The lowest BCUT2D eigenvalue weighted by molar-refractivity contribution is 0.313. The quantitative estimate of drug-likeness (QED) is 0.466. The third kappa shape index (κ3) is 5.36. The highest BCUT2D eigenvalue weighted by Crippen LogP contribution is 2.37. The van der Waals surface area contributed by atoms with E-state index in [2.05, 4.69) is 51.5 Å². The molecule has 0 atom stereocenters. The molecule has 5 rings (SSSR count). The van der Waals surface area contributed by atoms with Gasteiger partial charge in [0.15, 0.2) is 0 Å². The molecule has 9 heteroatoms. The molecule has 182 valence electrons. The van der Waals surface area contributed by atoms with E-state index in [4.69, 9.17) is 17.2 Å². The Kier molecular flexibility index (Phi) is 6.79. The molecule has 1 saturated heterocycles. The second-order valence-electron chi connectivity index (χ2n) is 9.39. The summed E-state index contributed by atoms with van der Waals surface area (Å²) in [6, 6.07) is 11.7. The first-order chi connectivity index (χ1) is 17.0. The normalized spacial score (nSPS) is 17.3. The van der Waals surface area contributed by atoms with Gasteiger partial charge in [0.25, 0.3) is 5.56 Å². The summed E-state index contributed by atoms with van der Waals surface area (Å²) < 4.78 is 1.69. The fourth-order valence-corrected chi connectivity index (χ4v) is 4.65. The van der Waals surface area contributed by atoms with Crippen LogP contribution in [0.2, 0.25) is 0 Å². The maximum absolute atomic E-state index is 12.8. The molecule has 2 N–H and O–H groups in total. The van der Waals surface area contributed by atoms with E-state index >= 15 is 0 Å². The minimum Gasteiger partial charge on any atom is -0.369 e. The number of piperazine rings is 1. The highest BCUT2D eigenvalue weighted by Gasteiger charge is 2.26. The molecule has 1 aliphatic carbocycles. The van der Waals surface area contributed by atoms with Gasteiger partial charge >= 0.3 is 0 Å². The molecule has 8 nitrogen and oxygen atoms in total. The first-order valence-corrected chi connectivity index (χ1v) is 12.6. The molecule has 1 aromatic carbocycles. The van der Waals surface area contributed by atoms with E-state index in [1.54, 1.807) is 22.9 Å². The lowest BCUT2D eigenvalue weighted by atomic mass is 10.1. The summed E-state index contributed by atoms with van der Waals surface area (Å²) in [6.45, 7) is 6.71. The molecule has 3 heterocycles. The van der Waals surface area contributed by atoms with E-state index in [1.165, 1.54) is 29.6 Å². The summed E-state index contributed by atoms with van der Waals surface area (Å²) in [6.07, 6.45) is 4.12. The largest absolute Gasteiger partial charge is 0.369 e. The molecule has 3 aromatic rings. The van der Waals surface area contributed by atoms with Crippen molar-refractivity contribution >= 4 is 46.1 Å². The molecule has 2 fully saturated rings. The number of fused-ring (bicyclic) bond motifs is 1. The molecule has 1 saturated carbocycles. The van der Waals surface area contributed by atoms with Crippen LogP contribution in [0.3, 0.4) is 0 Å². The number of nitrogens with zero attached hydrogens (tertiary/aromatic N) is 5. The van der Waals surface area contributed by atoms with Crippen molar-refractivity contribution < 1.29 is 0 Å². The molecular formula is C26H31N7OS. The summed E-state index contributed by atoms with van der Waals surface area (Å²) in [5.74, 6) is 1.02. The van der Waals surface area contributed by atoms with Crippen LogP contribution in [0, 0.1) is 5.92 Å². The Labute approximate surface area is 210 Å². The third-order valence-corrected chi connectivity index (χ3v) is 7.05. The zero-order valence-corrected chi connectivity index (χ0v) is 21.0. The predicted octanol–water partition coefficient (Wildman–Crippen LogP) is 3.52. The molecule has 1 aliphatic heterocycles. The van der Waals surface area contributed by atoms with Crippen LogP contribution in [0.1, 0.15) is 19.8 Å². The van der Waals surface area contributed by atoms with Gasteiger partial charge in [-0.15, -0.1) is 0 Å². The maximum Gasteiger partial charge on any atom is 0.252 e. The topological polar surface area (TPSA) is 78.3 Å². The van der Waals surface area contributed by atoms with Crippen LogP contribution in [0.4, 0.5) is 17.3 Å². The highest BCUT2D eigenvalue weighted by atomic mass is 32.1. The average Bonchev–Trinajstić information content (AvgIpc) is 3.72. The van der Waals surface area contributed by atoms with E-state index < -0.39 is 0 Å². The van der Waals surface area contributed by atoms with Gasteiger partial charge in [0.2, 0.25) is 5.95 Å². The Balaban J connectivity index is 1.39. The standard InChI is InChI=1S/C26H31N7OS/c1-18(19-3-4-19)23(28-17-35)16-33-24(34)10-5-20-15-27-26(30-25(20)33)29-21-6-8-22(9-7-21)32-13-11-31(2)12-14-32/h5-10,15,17,19H,3-4,11-14,16H2,1-2H3,(H,28,35)(H,27,29,30)/b23-18+. The van der Waals surface area contributed by atoms with Gasteiger partial charge in [-0.25, -0.2) is 4.98 Å². The van der Waals surface area contributed by atoms with Crippen molar-refractivity contribution in [1.29, 1.82) is 0 Å². The van der Waals surface area contributed by atoms with E-state index in [1.807, 2.05) is 12.1 Å². The van der Waals surface area contributed by atoms with Crippen LogP contribution in [0.25, 0.3) is 11.0 Å². The molecular weight excluding hydrogens is 458 g/mol. The van der Waals surface area contributed by atoms with E-state index in [0.717, 1.165) is 42.9 Å². The molecule has 2 aromatic heterocycles. The van der Waals surface area contributed by atoms with Crippen LogP contribution in [0.15, 0.2) is 58.7 Å². The number of benzene rings is 1. The second-order valence-corrected chi connectivity index (χ2v) is 9.63. The lowest BCUT2D eigenvalue weighted by Gasteiger charge is -2.34. The fraction of sp³-hybridized carbons (Fsp3) is 0.385. The summed E-state index contributed by atoms with van der Waals surface area (Å²) >= 11 is 5.05. The number of pyridine rings is 1. The molecule has 0 spiro atoms. The van der Waals surface area contributed by atoms with Crippen LogP contribution < -0.4 is 21.1 Å². The number of thiocarbonyl (C=S) groups is 1. The molecule has 0 amide bonds. The Bertz CT molecular complexity index is 1310. The third-order valence-electron chi connectivity index (χ3n) is 6.93. The summed E-state index contributed by atoms with van der Waals surface area (Å²) in [4.78, 5) is 26.8. The zero-order valence-electron chi connectivity index (χ0n) is 20.2. The minimum atomic E-state index is -0.106. The number of likely N-dealkylation sites (N-methyl/N-ethyl adjacent to an activating group) is 1. The van der Waals surface area contributed by atoms with E-state index in [0.29, 0.717) is 24.1 Å². The molecule has 0 radical (unpaired) electrons. The van der Waals surface area contributed by atoms with Crippen molar-refractivity contribution in [2.45, 2.75) is 26.3 Å². The van der Waals surface area contributed by atoms with Crippen molar-refractivity contribution in [2.75, 3.05) is 43.4 Å². The molecule has 0 bridgehead atoms. The summed E-state index contributed by atoms with van der Waals surface area (Å²) in [5.41, 5.74) is 6.33. The monoisotopic (exact) mass is 489 g/mol. The molecule has 2 aliphatic rings. The first-order valence-electron chi connectivity index (χ1n) is 12.1. The summed E-state index contributed by atoms with van der Waals surface area (Å²) in [7, 11) is 2.16. The number of hydrogen-bond donors (Lipinski definition) is 2. The Morgan fingerprint density at radius 2 is 1.86 bits per heavy atom. The van der Waals surface area contributed by atoms with Gasteiger partial charge in [0, 0.05) is 60.9 Å². The van der Waals surface area contributed by atoms with Crippen molar-refractivity contribution in [3.63, 3.8) is 0 Å². The van der Waals surface area contributed by atoms with Gasteiger partial charge in [0.1, 0.15) is 5.65 Å². The Hall–Kier alpha value is -3.30. The number of hydrogen-bond acceptors (Lipinski definition) is 7. The van der Waals surface area contributed by atoms with Crippen molar-refractivity contribution in [3.05, 3.63) is 64.2 Å². The van der Waals surface area contributed by atoms with Gasteiger partial charge in [-0.3, -0.25) is 9.36 Å². The Morgan fingerprint density at radius 1 is 1.11 bits per heavy atom. The highest BCUT2D eigenvalue weighted by molar-refractivity contribution is 7.78. The van der Waals surface area contributed by atoms with E-state index in [-0.39, 0.29) is 5.56 Å². The van der Waals surface area contributed by atoms with Crippen molar-refractivity contribution in [3.8, 4) is 0 Å². The van der Waals surface area contributed by atoms with E-state index in [9.17, 15) is 4.79 Å². The van der Waals surface area contributed by atoms with Crippen molar-refractivity contribution in [2.24, 2.45) is 5.92 Å². The number of rotatable bonds is 8.